The number of hydrogen-bond acceptors (Lipinski definition) is 6. The molecule has 0 aliphatic heterocycles. The molecule has 3 rings (SSSR count). The minimum Gasteiger partial charge on any atom is -0.453 e. The molecule has 5 nitrogen and oxygen atoms in total. The summed E-state index contributed by atoms with van der Waals surface area (Å²) in [5.41, 5.74) is 0.302. The van der Waals surface area contributed by atoms with E-state index < -0.39 is 24.3 Å². The minimum absolute atomic E-state index is 0.0516. The smallest absolute Gasteiger partial charge is 0.348 e. The van der Waals surface area contributed by atoms with Crippen LogP contribution in [0.15, 0.2) is 60.0 Å². The van der Waals surface area contributed by atoms with Crippen molar-refractivity contribution in [3.8, 4) is 5.75 Å². The molecule has 0 fully saturated rings. The van der Waals surface area contributed by atoms with Crippen LogP contribution in [0.5, 0.6) is 5.75 Å². The molecule has 0 bridgehead atoms. The third kappa shape index (κ3) is 4.78. The number of ketones is 1. The Labute approximate surface area is 174 Å². The second kappa shape index (κ2) is 9.01. The summed E-state index contributed by atoms with van der Waals surface area (Å²) in [6, 6.07) is 13.8. The van der Waals surface area contributed by atoms with Gasteiger partial charge in [0.1, 0.15) is 10.6 Å². The topological polar surface area (TPSA) is 69.7 Å². The van der Waals surface area contributed by atoms with Crippen molar-refractivity contribution >= 4 is 52.3 Å². The molecule has 0 N–H and O–H groups in total. The van der Waals surface area contributed by atoms with Crippen LogP contribution in [-0.2, 0) is 4.74 Å². The number of rotatable bonds is 6. The first kappa shape index (κ1) is 20.1. The highest BCUT2D eigenvalue weighted by atomic mass is 35.5. The van der Waals surface area contributed by atoms with Crippen LogP contribution in [-0.4, -0.2) is 24.3 Å². The predicted molar refractivity (Wildman–Crippen MR) is 107 cm³/mol. The Balaban J connectivity index is 1.71. The Morgan fingerprint density at radius 2 is 1.68 bits per heavy atom. The zero-order valence-corrected chi connectivity index (χ0v) is 16.5. The lowest BCUT2D eigenvalue weighted by Crippen LogP contribution is -2.16. The van der Waals surface area contributed by atoms with Crippen LogP contribution in [0.2, 0.25) is 10.0 Å². The van der Waals surface area contributed by atoms with Gasteiger partial charge in [0.05, 0.1) is 21.2 Å². The molecule has 0 spiro atoms. The lowest BCUT2D eigenvalue weighted by Gasteiger charge is -2.10. The van der Waals surface area contributed by atoms with Crippen LogP contribution in [0, 0.1) is 0 Å². The highest BCUT2D eigenvalue weighted by Gasteiger charge is 2.19. The van der Waals surface area contributed by atoms with Gasteiger partial charge in [-0.25, -0.2) is 9.59 Å². The normalized spacial score (nSPS) is 10.4. The van der Waals surface area contributed by atoms with E-state index in [1.807, 2.05) is 0 Å². The highest BCUT2D eigenvalue weighted by Crippen LogP contribution is 2.25. The van der Waals surface area contributed by atoms with Crippen LogP contribution in [0.25, 0.3) is 0 Å². The van der Waals surface area contributed by atoms with Gasteiger partial charge in [-0.05, 0) is 41.8 Å². The van der Waals surface area contributed by atoms with Gasteiger partial charge >= 0.3 is 11.9 Å². The van der Waals surface area contributed by atoms with Crippen LogP contribution >= 0.6 is 34.5 Å². The van der Waals surface area contributed by atoms with Crippen molar-refractivity contribution in [1.29, 1.82) is 0 Å². The predicted octanol–water partition coefficient (Wildman–Crippen LogP) is 5.31. The maximum absolute atomic E-state index is 12.5. The molecule has 3 aromatic rings. The summed E-state index contributed by atoms with van der Waals surface area (Å²) in [4.78, 5) is 37.1. The summed E-state index contributed by atoms with van der Waals surface area (Å²) in [6.45, 7) is -0.474. The third-order valence-electron chi connectivity index (χ3n) is 3.60. The summed E-state index contributed by atoms with van der Waals surface area (Å²) in [7, 11) is 0. The van der Waals surface area contributed by atoms with Crippen molar-refractivity contribution in [3.63, 3.8) is 0 Å². The van der Waals surface area contributed by atoms with E-state index in [0.29, 0.717) is 9.90 Å². The molecular weight excluding hydrogens is 423 g/mol. The number of carbonyl (C=O) groups is 3. The van der Waals surface area contributed by atoms with Gasteiger partial charge in [-0.1, -0.05) is 41.4 Å². The number of esters is 2. The molecule has 0 radical (unpaired) electrons. The molecule has 0 atom stereocenters. The average molecular weight is 435 g/mol. The maximum Gasteiger partial charge on any atom is 0.348 e. The van der Waals surface area contributed by atoms with E-state index in [1.54, 1.807) is 29.6 Å². The molecule has 0 saturated heterocycles. The summed E-state index contributed by atoms with van der Waals surface area (Å²) in [5.74, 6) is -1.73. The van der Waals surface area contributed by atoms with Gasteiger partial charge in [0, 0.05) is 0 Å². The quantitative estimate of drug-likeness (QED) is 0.298. The monoisotopic (exact) mass is 434 g/mol. The Bertz CT molecular complexity index is 1030. The summed E-state index contributed by atoms with van der Waals surface area (Å²) >= 11 is 13.0. The van der Waals surface area contributed by atoms with E-state index in [1.165, 1.54) is 41.7 Å². The molecule has 0 saturated carbocycles. The molecular formula is C20H12Cl2O5S. The number of benzene rings is 2. The molecule has 0 unspecified atom stereocenters. The van der Waals surface area contributed by atoms with Crippen molar-refractivity contribution in [2.24, 2.45) is 0 Å². The van der Waals surface area contributed by atoms with Crippen molar-refractivity contribution in [3.05, 3.63) is 86.0 Å². The van der Waals surface area contributed by atoms with Crippen molar-refractivity contribution in [2.45, 2.75) is 0 Å². The Kier molecular flexibility index (Phi) is 6.46. The van der Waals surface area contributed by atoms with Gasteiger partial charge in [-0.3, -0.25) is 4.79 Å². The number of halogens is 2. The van der Waals surface area contributed by atoms with Crippen LogP contribution in [0.3, 0.4) is 0 Å². The van der Waals surface area contributed by atoms with Gasteiger partial charge in [0.15, 0.2) is 6.61 Å². The first-order valence-electron chi connectivity index (χ1n) is 7.96. The van der Waals surface area contributed by atoms with Gasteiger partial charge in [-0.15, -0.1) is 11.3 Å². The van der Waals surface area contributed by atoms with Gasteiger partial charge < -0.3 is 9.47 Å². The maximum atomic E-state index is 12.5. The molecule has 142 valence electrons. The number of carbonyl (C=O) groups excluding carboxylic acids is 3. The number of thiophene rings is 1. The van der Waals surface area contributed by atoms with Crippen LogP contribution in [0.4, 0.5) is 0 Å². The molecule has 1 aromatic heterocycles. The average Bonchev–Trinajstić information content (AvgIpc) is 3.23. The summed E-state index contributed by atoms with van der Waals surface area (Å²) in [5, 5.41) is 2.25. The summed E-state index contributed by atoms with van der Waals surface area (Å²) < 4.78 is 10.4. The van der Waals surface area contributed by atoms with Crippen LogP contribution in [0.1, 0.15) is 30.4 Å². The van der Waals surface area contributed by atoms with E-state index in [9.17, 15) is 14.4 Å². The lowest BCUT2D eigenvalue weighted by molar-refractivity contribution is 0.0477. The first-order chi connectivity index (χ1) is 13.5. The second-order valence-corrected chi connectivity index (χ2v) is 7.25. The molecule has 8 heteroatoms. The number of hydrogen-bond donors (Lipinski definition) is 0. The Morgan fingerprint density at radius 3 is 2.39 bits per heavy atom. The number of Topliss-reactive ketones (excluding diaryl/α,β-unsaturated/α-hetero) is 1. The van der Waals surface area contributed by atoms with Gasteiger partial charge in [-0.2, -0.15) is 0 Å². The molecule has 0 amide bonds. The molecule has 1 heterocycles. The van der Waals surface area contributed by atoms with E-state index in [4.69, 9.17) is 32.7 Å². The lowest BCUT2D eigenvalue weighted by atomic mass is 10.1. The third-order valence-corrected chi connectivity index (χ3v) is 5.19. The molecule has 0 aliphatic carbocycles. The van der Waals surface area contributed by atoms with Gasteiger partial charge in [0.25, 0.3) is 0 Å². The van der Waals surface area contributed by atoms with Crippen LogP contribution < -0.4 is 4.74 Å². The largest absolute Gasteiger partial charge is 0.453 e. The minimum atomic E-state index is -0.700. The number of ether oxygens (including phenoxy) is 2. The van der Waals surface area contributed by atoms with Crippen molar-refractivity contribution in [2.75, 3.05) is 6.61 Å². The highest BCUT2D eigenvalue weighted by molar-refractivity contribution is 7.11. The zero-order valence-electron chi connectivity index (χ0n) is 14.2. The standard InChI is InChI=1S/C20H12Cl2O5S/c21-14-8-7-12(10-15(14)22)19(24)27-17-5-2-1-4-13(17)16(23)11-26-20(25)18-6-3-9-28-18/h1-10H,11H2. The zero-order chi connectivity index (χ0) is 20.1. The van der Waals surface area contributed by atoms with Crippen molar-refractivity contribution < 1.29 is 23.9 Å². The second-order valence-electron chi connectivity index (χ2n) is 5.49. The number of para-hydroxylation sites is 1. The Hall–Kier alpha value is -2.67. The Morgan fingerprint density at radius 1 is 0.893 bits per heavy atom. The van der Waals surface area contributed by atoms with Crippen molar-refractivity contribution in [1.82, 2.24) is 0 Å². The molecule has 0 aliphatic rings. The van der Waals surface area contributed by atoms with E-state index >= 15 is 0 Å². The fraction of sp³-hybridized carbons (Fsp3) is 0.0500. The first-order valence-corrected chi connectivity index (χ1v) is 9.59. The van der Waals surface area contributed by atoms with E-state index in [-0.39, 0.29) is 21.9 Å². The summed E-state index contributed by atoms with van der Waals surface area (Å²) in [6.07, 6.45) is 0. The SMILES string of the molecule is O=C(Oc1ccccc1C(=O)COC(=O)c1cccs1)c1ccc(Cl)c(Cl)c1. The molecule has 28 heavy (non-hydrogen) atoms. The fourth-order valence-electron chi connectivity index (χ4n) is 2.24. The van der Waals surface area contributed by atoms with E-state index in [2.05, 4.69) is 0 Å². The van der Waals surface area contributed by atoms with Gasteiger partial charge in [0.2, 0.25) is 5.78 Å². The van der Waals surface area contributed by atoms with E-state index in [0.717, 1.165) is 0 Å². The molecule has 2 aromatic carbocycles. The fourth-order valence-corrected chi connectivity index (χ4v) is 3.16.